The Morgan fingerprint density at radius 1 is 0.800 bits per heavy atom. The van der Waals surface area contributed by atoms with Crippen molar-refractivity contribution in [2.75, 3.05) is 6.61 Å². The molecule has 0 aliphatic carbocycles. The van der Waals surface area contributed by atoms with Gasteiger partial charge in [-0.3, -0.25) is 0 Å². The van der Waals surface area contributed by atoms with Crippen LogP contribution in [0.2, 0.25) is 0 Å². The number of aliphatic hydroxyl groups is 2. The molecule has 1 atom stereocenters. The summed E-state index contributed by atoms with van der Waals surface area (Å²) in [7, 11) is 0. The van der Waals surface area contributed by atoms with Gasteiger partial charge in [-0.1, -0.05) is 76.9 Å². The predicted octanol–water partition coefficient (Wildman–Crippen LogP) is 4.99. The molecule has 0 aromatic heterocycles. The molecule has 0 bridgehead atoms. The molecule has 0 saturated carbocycles. The molecule has 0 aliphatic rings. The first kappa shape index (κ1) is 19.7. The van der Waals surface area contributed by atoms with Crippen molar-refractivity contribution in [3.8, 4) is 0 Å². The van der Waals surface area contributed by atoms with Gasteiger partial charge in [-0.25, -0.2) is 0 Å². The van der Waals surface area contributed by atoms with E-state index in [1.54, 1.807) is 0 Å². The van der Waals surface area contributed by atoms with Crippen LogP contribution in [-0.4, -0.2) is 22.9 Å². The van der Waals surface area contributed by atoms with Gasteiger partial charge < -0.3 is 10.2 Å². The highest BCUT2D eigenvalue weighted by Crippen LogP contribution is 2.11. The molecule has 2 nitrogen and oxygen atoms in total. The van der Waals surface area contributed by atoms with E-state index in [9.17, 15) is 5.11 Å². The van der Waals surface area contributed by atoms with E-state index in [2.05, 4.69) is 13.0 Å². The summed E-state index contributed by atoms with van der Waals surface area (Å²) in [5.74, 6) is 0. The van der Waals surface area contributed by atoms with E-state index in [1.165, 1.54) is 51.4 Å². The first-order chi connectivity index (χ1) is 9.81. The molecule has 0 aromatic carbocycles. The molecular formula is C18H36O2. The van der Waals surface area contributed by atoms with E-state index in [4.69, 9.17) is 5.11 Å². The second-order valence-electron chi connectivity index (χ2n) is 5.83. The Morgan fingerprint density at radius 2 is 1.40 bits per heavy atom. The summed E-state index contributed by atoms with van der Waals surface area (Å²) in [5.41, 5.74) is 0. The Balaban J connectivity index is 3.23. The van der Waals surface area contributed by atoms with Crippen LogP contribution in [0.15, 0.2) is 12.2 Å². The van der Waals surface area contributed by atoms with Gasteiger partial charge >= 0.3 is 0 Å². The fourth-order valence-corrected chi connectivity index (χ4v) is 2.39. The minimum absolute atomic E-state index is 0.240. The Kier molecular flexibility index (Phi) is 16.4. The van der Waals surface area contributed by atoms with Crippen molar-refractivity contribution in [3.05, 3.63) is 12.2 Å². The third-order valence-electron chi connectivity index (χ3n) is 3.74. The highest BCUT2D eigenvalue weighted by Gasteiger charge is 1.98. The van der Waals surface area contributed by atoms with Crippen LogP contribution in [0, 0.1) is 0 Å². The summed E-state index contributed by atoms with van der Waals surface area (Å²) < 4.78 is 0. The van der Waals surface area contributed by atoms with Crippen LogP contribution in [0.5, 0.6) is 0 Å². The van der Waals surface area contributed by atoms with E-state index in [0.717, 1.165) is 32.1 Å². The molecule has 0 amide bonds. The predicted molar refractivity (Wildman–Crippen MR) is 87.9 cm³/mol. The fourth-order valence-electron chi connectivity index (χ4n) is 2.39. The number of aliphatic hydroxyl groups excluding tert-OH is 2. The van der Waals surface area contributed by atoms with Gasteiger partial charge in [0.15, 0.2) is 0 Å². The van der Waals surface area contributed by atoms with Gasteiger partial charge in [0, 0.05) is 6.61 Å². The minimum atomic E-state index is -0.240. The zero-order valence-electron chi connectivity index (χ0n) is 13.5. The summed E-state index contributed by atoms with van der Waals surface area (Å²) in [6.07, 6.45) is 19.3. The molecule has 20 heavy (non-hydrogen) atoms. The lowest BCUT2D eigenvalue weighted by molar-refractivity contribution is 0.207. The van der Waals surface area contributed by atoms with Crippen molar-refractivity contribution in [2.45, 2.75) is 96.5 Å². The molecule has 0 spiro atoms. The molecular weight excluding hydrogens is 248 g/mol. The van der Waals surface area contributed by atoms with Gasteiger partial charge in [0.05, 0.1) is 6.10 Å². The number of rotatable bonds is 15. The molecule has 0 aromatic rings. The van der Waals surface area contributed by atoms with Crippen LogP contribution < -0.4 is 0 Å². The highest BCUT2D eigenvalue weighted by molar-refractivity contribution is 4.88. The Hall–Kier alpha value is -0.340. The molecule has 0 heterocycles. The van der Waals surface area contributed by atoms with Gasteiger partial charge in [0.2, 0.25) is 0 Å². The molecule has 2 N–H and O–H groups in total. The van der Waals surface area contributed by atoms with Crippen molar-refractivity contribution in [1.29, 1.82) is 0 Å². The van der Waals surface area contributed by atoms with Gasteiger partial charge in [-0.2, -0.15) is 0 Å². The van der Waals surface area contributed by atoms with Crippen LogP contribution in [0.1, 0.15) is 90.4 Å². The van der Waals surface area contributed by atoms with Crippen molar-refractivity contribution < 1.29 is 10.2 Å². The molecule has 0 saturated heterocycles. The van der Waals surface area contributed by atoms with E-state index in [-0.39, 0.29) is 6.10 Å². The molecule has 0 aliphatic heterocycles. The largest absolute Gasteiger partial charge is 0.396 e. The van der Waals surface area contributed by atoms with Gasteiger partial charge in [0.25, 0.3) is 0 Å². The SMILES string of the molecule is CCCCCC/C=C/C(O)CCCCCCCCCO. The maximum absolute atomic E-state index is 9.81. The molecule has 0 fully saturated rings. The quantitative estimate of drug-likeness (QED) is 0.328. The standard InChI is InChI=1S/C18H36O2/c1-2-3-4-5-9-12-15-18(20)16-13-10-7-6-8-11-14-17-19/h12,15,18-20H,2-11,13-14,16-17H2,1H3/b15-12+. The molecule has 2 heteroatoms. The second-order valence-corrected chi connectivity index (χ2v) is 5.83. The van der Waals surface area contributed by atoms with Crippen LogP contribution >= 0.6 is 0 Å². The van der Waals surface area contributed by atoms with E-state index >= 15 is 0 Å². The maximum atomic E-state index is 9.81. The summed E-state index contributed by atoms with van der Waals surface area (Å²) in [4.78, 5) is 0. The van der Waals surface area contributed by atoms with Crippen LogP contribution in [0.25, 0.3) is 0 Å². The summed E-state index contributed by atoms with van der Waals surface area (Å²) in [6, 6.07) is 0. The lowest BCUT2D eigenvalue weighted by atomic mass is 10.1. The fraction of sp³-hybridized carbons (Fsp3) is 0.889. The second kappa shape index (κ2) is 16.7. The van der Waals surface area contributed by atoms with E-state index < -0.39 is 0 Å². The van der Waals surface area contributed by atoms with Gasteiger partial charge in [-0.15, -0.1) is 0 Å². The summed E-state index contributed by atoms with van der Waals surface area (Å²) in [6.45, 7) is 2.56. The summed E-state index contributed by atoms with van der Waals surface area (Å²) in [5, 5.41) is 18.5. The van der Waals surface area contributed by atoms with Gasteiger partial charge in [-0.05, 0) is 25.7 Å². The third-order valence-corrected chi connectivity index (χ3v) is 3.74. The first-order valence-corrected chi connectivity index (χ1v) is 8.76. The lowest BCUT2D eigenvalue weighted by Gasteiger charge is -2.05. The third kappa shape index (κ3) is 15.7. The zero-order valence-corrected chi connectivity index (χ0v) is 13.5. The normalized spacial score (nSPS) is 13.2. The average Bonchev–Trinajstić information content (AvgIpc) is 2.45. The summed E-state index contributed by atoms with van der Waals surface area (Å²) >= 11 is 0. The molecule has 0 radical (unpaired) electrons. The van der Waals surface area contributed by atoms with E-state index in [1.807, 2.05) is 6.08 Å². The average molecular weight is 284 g/mol. The minimum Gasteiger partial charge on any atom is -0.396 e. The number of hydrogen-bond acceptors (Lipinski definition) is 2. The zero-order chi connectivity index (χ0) is 14.9. The molecule has 1 unspecified atom stereocenters. The van der Waals surface area contributed by atoms with E-state index in [0.29, 0.717) is 6.61 Å². The van der Waals surface area contributed by atoms with Crippen molar-refractivity contribution >= 4 is 0 Å². The maximum Gasteiger partial charge on any atom is 0.0720 e. The number of unbranched alkanes of at least 4 members (excludes halogenated alkanes) is 10. The monoisotopic (exact) mass is 284 g/mol. The highest BCUT2D eigenvalue weighted by atomic mass is 16.3. The number of hydrogen-bond donors (Lipinski definition) is 2. The van der Waals surface area contributed by atoms with Crippen molar-refractivity contribution in [1.82, 2.24) is 0 Å². The van der Waals surface area contributed by atoms with Crippen LogP contribution in [-0.2, 0) is 0 Å². The van der Waals surface area contributed by atoms with Crippen molar-refractivity contribution in [3.63, 3.8) is 0 Å². The molecule has 120 valence electrons. The lowest BCUT2D eigenvalue weighted by Crippen LogP contribution is -2.01. The first-order valence-electron chi connectivity index (χ1n) is 8.76. The Morgan fingerprint density at radius 3 is 2.05 bits per heavy atom. The topological polar surface area (TPSA) is 40.5 Å². The Bertz CT molecular complexity index is 202. The van der Waals surface area contributed by atoms with Crippen LogP contribution in [0.4, 0.5) is 0 Å². The van der Waals surface area contributed by atoms with Gasteiger partial charge in [0.1, 0.15) is 0 Å². The Labute approximate surface area is 126 Å². The molecule has 0 rings (SSSR count). The van der Waals surface area contributed by atoms with Crippen molar-refractivity contribution in [2.24, 2.45) is 0 Å². The van der Waals surface area contributed by atoms with Crippen LogP contribution in [0.3, 0.4) is 0 Å². The smallest absolute Gasteiger partial charge is 0.0720 e. The number of allylic oxidation sites excluding steroid dienone is 1.